The predicted octanol–water partition coefficient (Wildman–Crippen LogP) is 3.34. The molecule has 0 aliphatic rings. The highest BCUT2D eigenvalue weighted by atomic mass is 31.1. The first kappa shape index (κ1) is 15.1. The van der Waals surface area contributed by atoms with Gasteiger partial charge in [0.25, 0.3) is 0 Å². The van der Waals surface area contributed by atoms with Crippen LogP contribution in [0.4, 0.5) is 0 Å². The first-order valence-corrected chi connectivity index (χ1v) is 7.03. The van der Waals surface area contributed by atoms with E-state index < -0.39 is 8.03 Å². The summed E-state index contributed by atoms with van der Waals surface area (Å²) >= 11 is 0. The van der Waals surface area contributed by atoms with Gasteiger partial charge in [-0.1, -0.05) is 57.0 Å². The molecule has 0 spiro atoms. The lowest BCUT2D eigenvalue weighted by Gasteiger charge is -1.89. The Hall–Kier alpha value is -0.920. The van der Waals surface area contributed by atoms with Crippen LogP contribution < -0.4 is 0 Å². The molecule has 0 saturated carbocycles. The molecule has 0 aliphatic carbocycles. The highest BCUT2D eigenvalue weighted by Crippen LogP contribution is 2.11. The molecule has 1 rings (SSSR count). The fourth-order valence-corrected chi connectivity index (χ4v) is 1.02. The van der Waals surface area contributed by atoms with Crippen LogP contribution in [0.2, 0.25) is 0 Å². The van der Waals surface area contributed by atoms with Gasteiger partial charge in [-0.05, 0) is 5.56 Å². The van der Waals surface area contributed by atoms with Crippen molar-refractivity contribution < 1.29 is 9.46 Å². The van der Waals surface area contributed by atoms with E-state index in [1.165, 1.54) is 12.8 Å². The summed E-state index contributed by atoms with van der Waals surface area (Å²) in [7, 11) is -2.45. The summed E-state index contributed by atoms with van der Waals surface area (Å²) in [6, 6.07) is 9.47. The van der Waals surface area contributed by atoms with E-state index >= 15 is 0 Å². The molecule has 3 nitrogen and oxygen atoms in total. The van der Waals surface area contributed by atoms with Gasteiger partial charge in [0.1, 0.15) is 6.29 Å². The van der Waals surface area contributed by atoms with Crippen molar-refractivity contribution in [2.24, 2.45) is 4.99 Å². The molecule has 0 saturated heterocycles. The Kier molecular flexibility index (Phi) is 9.98. The number of hydrogen-bond acceptors (Lipinski definition) is 2. The maximum Gasteiger partial charge on any atom is 0.209 e. The van der Waals surface area contributed by atoms with Gasteiger partial charge in [-0.15, -0.1) is 0 Å². The minimum Gasteiger partial charge on any atom is -0.345 e. The largest absolute Gasteiger partial charge is 0.345 e. The van der Waals surface area contributed by atoms with Gasteiger partial charge in [-0.2, -0.15) is 0 Å². The van der Waals surface area contributed by atoms with Crippen LogP contribution in [0.15, 0.2) is 35.3 Å². The third-order valence-corrected chi connectivity index (χ3v) is 2.22. The molecule has 0 fully saturated rings. The lowest BCUT2D eigenvalue weighted by Crippen LogP contribution is -1.79. The average molecular weight is 241 g/mol. The van der Waals surface area contributed by atoms with E-state index in [4.69, 9.17) is 4.89 Å². The van der Waals surface area contributed by atoms with Crippen LogP contribution in [0.1, 0.15) is 32.3 Å². The molecule has 16 heavy (non-hydrogen) atoms. The smallest absolute Gasteiger partial charge is 0.209 e. The molecule has 0 bridgehead atoms. The Labute approximate surface area is 98.1 Å². The van der Waals surface area contributed by atoms with Crippen molar-refractivity contribution in [3.63, 3.8) is 0 Å². The molecule has 4 heteroatoms. The lowest BCUT2D eigenvalue weighted by atomic mass is 10.2. The topological polar surface area (TPSA) is 49.7 Å². The van der Waals surface area contributed by atoms with Crippen molar-refractivity contribution in [3.8, 4) is 0 Å². The van der Waals surface area contributed by atoms with Crippen molar-refractivity contribution in [3.05, 3.63) is 35.9 Å². The van der Waals surface area contributed by atoms with E-state index in [0.717, 1.165) is 5.56 Å². The van der Waals surface area contributed by atoms with Gasteiger partial charge in [0.15, 0.2) is 0 Å². The van der Waals surface area contributed by atoms with Gasteiger partial charge in [-0.3, -0.25) is 9.56 Å². The van der Waals surface area contributed by atoms with E-state index in [0.29, 0.717) is 0 Å². The van der Waals surface area contributed by atoms with Crippen molar-refractivity contribution in [1.29, 1.82) is 0 Å². The summed E-state index contributed by atoms with van der Waals surface area (Å²) < 4.78 is 10.3. The molecule has 0 radical (unpaired) electrons. The molecule has 0 aromatic heterocycles. The molecule has 1 aromatic rings. The number of unbranched alkanes of at least 4 members (excludes halogenated alkanes) is 1. The van der Waals surface area contributed by atoms with Crippen molar-refractivity contribution in [2.45, 2.75) is 26.7 Å². The molecule has 1 aromatic carbocycles. The summed E-state index contributed by atoms with van der Waals surface area (Å²) in [5.74, 6) is 0. The molecule has 1 unspecified atom stereocenters. The normalized spacial score (nSPS) is 11.9. The SMILES string of the molecule is CCCC.O=[PH](O)C/N=C/c1ccccc1. The van der Waals surface area contributed by atoms with Gasteiger partial charge in [0.05, 0.1) is 0 Å². The summed E-state index contributed by atoms with van der Waals surface area (Å²) in [6.45, 7) is 4.36. The summed E-state index contributed by atoms with van der Waals surface area (Å²) in [4.78, 5) is 12.3. The Morgan fingerprint density at radius 2 is 1.81 bits per heavy atom. The Morgan fingerprint density at radius 3 is 2.25 bits per heavy atom. The molecule has 0 aliphatic heterocycles. The van der Waals surface area contributed by atoms with Crippen LogP contribution in [0.5, 0.6) is 0 Å². The standard InChI is InChI=1S/C8H10NO2P.C4H10/c10-12(11)7-9-6-8-4-2-1-3-5-8;1-3-4-2/h1-6,12H,7H2,(H,10,11);3-4H2,1-2H3/b9-6+;. The number of hydrogen-bond donors (Lipinski definition) is 1. The predicted molar refractivity (Wildman–Crippen MR) is 70.7 cm³/mol. The van der Waals surface area contributed by atoms with E-state index in [-0.39, 0.29) is 6.29 Å². The highest BCUT2D eigenvalue weighted by molar-refractivity contribution is 7.37. The quantitative estimate of drug-likeness (QED) is 0.649. The van der Waals surface area contributed by atoms with Gasteiger partial charge >= 0.3 is 0 Å². The summed E-state index contributed by atoms with van der Waals surface area (Å²) in [6.07, 6.45) is 4.25. The van der Waals surface area contributed by atoms with Crippen molar-refractivity contribution >= 4 is 14.2 Å². The zero-order valence-electron chi connectivity index (χ0n) is 9.89. The van der Waals surface area contributed by atoms with Crippen LogP contribution >= 0.6 is 8.03 Å². The number of benzene rings is 1. The highest BCUT2D eigenvalue weighted by Gasteiger charge is 1.86. The third kappa shape index (κ3) is 9.63. The Balaban J connectivity index is 0.000000487. The summed E-state index contributed by atoms with van der Waals surface area (Å²) in [5.41, 5.74) is 0.945. The van der Waals surface area contributed by atoms with E-state index in [2.05, 4.69) is 18.8 Å². The zero-order chi connectivity index (χ0) is 12.2. The number of nitrogens with zero attached hydrogens (tertiary/aromatic N) is 1. The van der Waals surface area contributed by atoms with Gasteiger partial charge in [0.2, 0.25) is 8.03 Å². The molecule has 1 N–H and O–H groups in total. The molecule has 0 amide bonds. The van der Waals surface area contributed by atoms with E-state index in [9.17, 15) is 4.57 Å². The number of rotatable bonds is 4. The number of aliphatic imine (C=N–C) groups is 1. The second-order valence-electron chi connectivity index (χ2n) is 3.27. The maximum atomic E-state index is 10.3. The molecule has 1 atom stereocenters. The molecule has 90 valence electrons. The fourth-order valence-electron chi connectivity index (χ4n) is 0.768. The molecular weight excluding hydrogens is 221 g/mol. The minimum atomic E-state index is -2.45. The molecular formula is C12H20NO2P. The fraction of sp³-hybridized carbons (Fsp3) is 0.417. The van der Waals surface area contributed by atoms with Gasteiger partial charge < -0.3 is 4.89 Å². The minimum absolute atomic E-state index is 0.0135. The van der Waals surface area contributed by atoms with E-state index in [1.54, 1.807) is 6.21 Å². The summed E-state index contributed by atoms with van der Waals surface area (Å²) in [5, 5.41) is 0. The van der Waals surface area contributed by atoms with Crippen LogP contribution in [-0.4, -0.2) is 17.4 Å². The Bertz CT molecular complexity index is 310. The van der Waals surface area contributed by atoms with Gasteiger partial charge in [-0.25, -0.2) is 0 Å². The van der Waals surface area contributed by atoms with Gasteiger partial charge in [0, 0.05) is 6.21 Å². The van der Waals surface area contributed by atoms with Crippen LogP contribution in [0.25, 0.3) is 0 Å². The van der Waals surface area contributed by atoms with E-state index in [1.807, 2.05) is 30.3 Å². The average Bonchev–Trinajstić information content (AvgIpc) is 2.30. The Morgan fingerprint density at radius 1 is 1.25 bits per heavy atom. The molecule has 0 heterocycles. The zero-order valence-corrected chi connectivity index (χ0v) is 10.9. The van der Waals surface area contributed by atoms with Crippen LogP contribution in [-0.2, 0) is 4.57 Å². The lowest BCUT2D eigenvalue weighted by molar-refractivity contribution is 0.504. The first-order chi connectivity index (χ1) is 7.70. The first-order valence-electron chi connectivity index (χ1n) is 5.47. The second-order valence-corrected chi connectivity index (χ2v) is 4.38. The van der Waals surface area contributed by atoms with Crippen molar-refractivity contribution in [2.75, 3.05) is 6.29 Å². The maximum absolute atomic E-state index is 10.3. The third-order valence-electron chi connectivity index (χ3n) is 1.77. The van der Waals surface area contributed by atoms with Crippen molar-refractivity contribution in [1.82, 2.24) is 0 Å². The van der Waals surface area contributed by atoms with Crippen LogP contribution in [0, 0.1) is 0 Å². The second kappa shape index (κ2) is 10.6. The van der Waals surface area contributed by atoms with Crippen LogP contribution in [0.3, 0.4) is 0 Å². The monoisotopic (exact) mass is 241 g/mol.